The van der Waals surface area contributed by atoms with Crippen LogP contribution < -0.4 is 4.90 Å². The molecule has 0 aliphatic carbocycles. The highest BCUT2D eigenvalue weighted by Gasteiger charge is 2.28. The molecule has 8 aromatic carbocycles. The van der Waals surface area contributed by atoms with Crippen molar-refractivity contribution >= 4 is 49.4 Å². The van der Waals surface area contributed by atoms with Crippen LogP contribution in [-0.2, 0) is 0 Å². The van der Waals surface area contributed by atoms with E-state index in [0.29, 0.717) is 11.8 Å². The van der Waals surface area contributed by atoms with Crippen molar-refractivity contribution in [2.75, 3.05) is 4.90 Å². The van der Waals surface area contributed by atoms with Crippen LogP contribution in [0.5, 0.6) is 0 Å². The molecule has 0 spiro atoms. The van der Waals surface area contributed by atoms with E-state index < -0.39 is 0 Å². The number of nitrogens with zero attached hydrogens (tertiary/aromatic N) is 1. The number of hydrogen-bond acceptors (Lipinski definition) is 1. The van der Waals surface area contributed by atoms with E-state index in [9.17, 15) is 0 Å². The molecular weight excluding hydrogens is 627 g/mol. The van der Waals surface area contributed by atoms with Crippen LogP contribution in [0.2, 0.25) is 0 Å². The van der Waals surface area contributed by atoms with Crippen molar-refractivity contribution in [3.05, 3.63) is 197 Å². The van der Waals surface area contributed by atoms with Gasteiger partial charge in [0.15, 0.2) is 0 Å². The van der Waals surface area contributed by atoms with E-state index >= 15 is 0 Å². The summed E-state index contributed by atoms with van der Waals surface area (Å²) in [4.78, 5) is 2.49. The molecule has 0 radical (unpaired) electrons. The lowest BCUT2D eigenvalue weighted by Crippen LogP contribution is -2.13. The third kappa shape index (κ3) is 6.05. The number of hydrogen-bond donors (Lipinski definition) is 0. The van der Waals surface area contributed by atoms with E-state index in [4.69, 9.17) is 0 Å². The van der Waals surface area contributed by atoms with Gasteiger partial charge in [-0.3, -0.25) is 0 Å². The Hall–Kier alpha value is -5.66. The Morgan fingerprint density at radius 2 is 0.827 bits per heavy atom. The topological polar surface area (TPSA) is 3.24 Å². The van der Waals surface area contributed by atoms with E-state index in [-0.39, 0.29) is 5.92 Å². The van der Waals surface area contributed by atoms with Crippen molar-refractivity contribution in [3.8, 4) is 0 Å². The smallest absolute Gasteiger partial charge is 0.0618 e. The van der Waals surface area contributed by atoms with Gasteiger partial charge in [-0.15, -0.1) is 0 Å². The monoisotopic (exact) mass is 673 g/mol. The largest absolute Gasteiger partial charge is 0.309 e. The zero-order chi connectivity index (χ0) is 35.9. The molecule has 1 nitrogen and oxygen atoms in total. The molecule has 256 valence electrons. The van der Waals surface area contributed by atoms with Gasteiger partial charge in [0.05, 0.1) is 5.69 Å². The summed E-state index contributed by atoms with van der Waals surface area (Å²) in [7, 11) is 0. The van der Waals surface area contributed by atoms with Crippen molar-refractivity contribution < 1.29 is 0 Å². The second-order valence-electron chi connectivity index (χ2n) is 15.1. The van der Waals surface area contributed by atoms with Crippen molar-refractivity contribution in [2.45, 2.75) is 59.3 Å². The molecule has 8 aromatic rings. The van der Waals surface area contributed by atoms with Crippen LogP contribution in [0, 0.1) is 13.8 Å². The lowest BCUT2D eigenvalue weighted by atomic mass is 9.78. The van der Waals surface area contributed by atoms with Crippen LogP contribution in [-0.4, -0.2) is 0 Å². The van der Waals surface area contributed by atoms with Gasteiger partial charge in [0.1, 0.15) is 0 Å². The van der Waals surface area contributed by atoms with E-state index in [0.717, 1.165) is 11.4 Å². The summed E-state index contributed by atoms with van der Waals surface area (Å²) < 4.78 is 0. The molecular formula is C51H47N. The van der Waals surface area contributed by atoms with Crippen molar-refractivity contribution in [1.29, 1.82) is 0 Å². The van der Waals surface area contributed by atoms with Crippen LogP contribution in [0.15, 0.2) is 158 Å². The predicted molar refractivity (Wildman–Crippen MR) is 225 cm³/mol. The highest BCUT2D eigenvalue weighted by atomic mass is 15.1. The van der Waals surface area contributed by atoms with Gasteiger partial charge in [0.2, 0.25) is 0 Å². The van der Waals surface area contributed by atoms with Crippen LogP contribution in [0.4, 0.5) is 17.1 Å². The molecule has 1 atom stereocenters. The molecule has 0 aliphatic rings. The first kappa shape index (κ1) is 33.5. The number of anilines is 3. The number of rotatable bonds is 8. The summed E-state index contributed by atoms with van der Waals surface area (Å²) >= 11 is 0. The molecule has 1 unspecified atom stereocenters. The molecule has 0 fully saturated rings. The van der Waals surface area contributed by atoms with Gasteiger partial charge in [-0.1, -0.05) is 172 Å². The summed E-state index contributed by atoms with van der Waals surface area (Å²) in [5.74, 6) is 0.953. The van der Waals surface area contributed by atoms with Crippen molar-refractivity contribution in [3.63, 3.8) is 0 Å². The van der Waals surface area contributed by atoms with E-state index in [1.165, 1.54) is 76.9 Å². The second kappa shape index (κ2) is 13.8. The number of aryl methyl sites for hydroxylation is 2. The Morgan fingerprint density at radius 1 is 0.385 bits per heavy atom. The zero-order valence-corrected chi connectivity index (χ0v) is 31.2. The SMILES string of the molecule is Cc1ccc(C(c2ccc(C(C)C)cc2)c2c3ccccc3c(N(c3ccc(C)cc3)c3ccc(C(C)C)cc3)c3ccc4ccccc4c23)cc1. The number of benzene rings is 8. The highest BCUT2D eigenvalue weighted by Crippen LogP contribution is 2.51. The molecule has 0 N–H and O–H groups in total. The zero-order valence-electron chi connectivity index (χ0n) is 31.2. The molecule has 0 amide bonds. The van der Waals surface area contributed by atoms with Gasteiger partial charge < -0.3 is 4.90 Å². The predicted octanol–water partition coefficient (Wildman–Crippen LogP) is 14.7. The number of fused-ring (bicyclic) bond motifs is 4. The summed E-state index contributed by atoms with van der Waals surface area (Å²) in [6.45, 7) is 13.4. The molecule has 1 heteroatoms. The first-order valence-electron chi connectivity index (χ1n) is 18.8. The minimum absolute atomic E-state index is 0.0206. The average molecular weight is 674 g/mol. The Kier molecular flexibility index (Phi) is 8.89. The van der Waals surface area contributed by atoms with Gasteiger partial charge in [0, 0.05) is 28.1 Å². The second-order valence-corrected chi connectivity index (χ2v) is 15.1. The van der Waals surface area contributed by atoms with E-state index in [1.807, 2.05) is 0 Å². The maximum Gasteiger partial charge on any atom is 0.0618 e. The minimum atomic E-state index is 0.0206. The maximum atomic E-state index is 2.49. The Morgan fingerprint density at radius 3 is 1.40 bits per heavy atom. The van der Waals surface area contributed by atoms with E-state index in [2.05, 4.69) is 204 Å². The first-order valence-corrected chi connectivity index (χ1v) is 18.8. The molecule has 0 heterocycles. The summed E-state index contributed by atoms with van der Waals surface area (Å²) in [5.41, 5.74) is 12.7. The van der Waals surface area contributed by atoms with Crippen molar-refractivity contribution in [1.82, 2.24) is 0 Å². The fourth-order valence-corrected chi connectivity index (χ4v) is 7.97. The van der Waals surface area contributed by atoms with Gasteiger partial charge in [-0.2, -0.15) is 0 Å². The third-order valence-corrected chi connectivity index (χ3v) is 10.9. The van der Waals surface area contributed by atoms with Crippen molar-refractivity contribution in [2.24, 2.45) is 0 Å². The van der Waals surface area contributed by atoms with Crippen LogP contribution in [0.25, 0.3) is 32.3 Å². The standard InChI is InChI=1S/C51H47N/c1-33(2)37-21-23-41(24-22-37)48(40-19-15-35(5)16-20-40)50-45-13-9-10-14-46(45)51(47-32-27-39-11-7-8-12-44(39)49(47)50)52(42-28-17-36(6)18-29-42)43-30-25-38(26-31-43)34(3)4/h7-34,48H,1-6H3. The molecule has 52 heavy (non-hydrogen) atoms. The molecule has 0 saturated heterocycles. The minimum Gasteiger partial charge on any atom is -0.309 e. The fourth-order valence-electron chi connectivity index (χ4n) is 7.97. The molecule has 0 aromatic heterocycles. The normalized spacial score (nSPS) is 12.3. The quantitative estimate of drug-likeness (QED) is 0.0881. The fraction of sp³-hybridized carbons (Fsp3) is 0.176. The Bertz CT molecular complexity index is 2500. The average Bonchev–Trinajstić information content (AvgIpc) is 3.17. The maximum absolute atomic E-state index is 2.49. The Balaban J connectivity index is 1.53. The summed E-state index contributed by atoms with van der Waals surface area (Å²) in [6.07, 6.45) is 0. The third-order valence-electron chi connectivity index (χ3n) is 10.9. The summed E-state index contributed by atoms with van der Waals surface area (Å²) in [5, 5.41) is 7.59. The molecule has 8 rings (SSSR count). The molecule has 0 saturated carbocycles. The van der Waals surface area contributed by atoms with Gasteiger partial charge in [-0.25, -0.2) is 0 Å². The van der Waals surface area contributed by atoms with Crippen LogP contribution >= 0.6 is 0 Å². The van der Waals surface area contributed by atoms with E-state index in [1.54, 1.807) is 0 Å². The lowest BCUT2D eigenvalue weighted by Gasteiger charge is -2.32. The Labute approximate surface area is 309 Å². The van der Waals surface area contributed by atoms with Gasteiger partial charge >= 0.3 is 0 Å². The highest BCUT2D eigenvalue weighted by molar-refractivity contribution is 6.23. The van der Waals surface area contributed by atoms with Crippen LogP contribution in [0.1, 0.15) is 84.4 Å². The lowest BCUT2D eigenvalue weighted by molar-refractivity contribution is 0.863. The first-order chi connectivity index (χ1) is 25.3. The van der Waals surface area contributed by atoms with Crippen LogP contribution in [0.3, 0.4) is 0 Å². The molecule has 0 aliphatic heterocycles. The summed E-state index contributed by atoms with van der Waals surface area (Å²) in [6, 6.07) is 59.5. The van der Waals surface area contributed by atoms with Gasteiger partial charge in [0.25, 0.3) is 0 Å². The van der Waals surface area contributed by atoms with Gasteiger partial charge in [-0.05, 0) is 99.3 Å². The molecule has 0 bridgehead atoms.